The zero-order valence-electron chi connectivity index (χ0n) is 12.9. The van der Waals surface area contributed by atoms with Crippen molar-refractivity contribution in [3.8, 4) is 0 Å². The minimum atomic E-state index is -0.344. The van der Waals surface area contributed by atoms with Crippen molar-refractivity contribution in [1.82, 2.24) is 0 Å². The first-order chi connectivity index (χ1) is 9.22. The molecule has 19 heavy (non-hydrogen) atoms. The van der Waals surface area contributed by atoms with E-state index in [9.17, 15) is 5.11 Å². The fourth-order valence-electron chi connectivity index (χ4n) is 2.15. The second-order valence-electron chi connectivity index (χ2n) is 5.49. The maximum absolute atomic E-state index is 9.92. The summed E-state index contributed by atoms with van der Waals surface area (Å²) in [6.07, 6.45) is 16.8. The average Bonchev–Trinajstić information content (AvgIpc) is 2.42. The molecule has 0 unspecified atom stereocenters. The minimum Gasteiger partial charge on any atom is -0.392 e. The molecule has 0 heterocycles. The number of aliphatic hydroxyl groups is 1. The van der Waals surface area contributed by atoms with Crippen molar-refractivity contribution in [1.29, 1.82) is 0 Å². The van der Waals surface area contributed by atoms with Crippen molar-refractivity contribution in [3.05, 3.63) is 12.2 Å². The van der Waals surface area contributed by atoms with Crippen LogP contribution >= 0.6 is 11.6 Å². The van der Waals surface area contributed by atoms with Crippen LogP contribution in [0.1, 0.15) is 84.5 Å². The smallest absolute Gasteiger partial charge is 0.0706 e. The van der Waals surface area contributed by atoms with E-state index in [4.69, 9.17) is 11.6 Å². The van der Waals surface area contributed by atoms with Gasteiger partial charge < -0.3 is 5.11 Å². The van der Waals surface area contributed by atoms with Crippen molar-refractivity contribution in [3.63, 3.8) is 0 Å². The molecule has 0 radical (unpaired) electrons. The lowest BCUT2D eigenvalue weighted by Gasteiger charge is -2.15. The van der Waals surface area contributed by atoms with Crippen LogP contribution in [0.2, 0.25) is 0 Å². The molecule has 0 spiro atoms. The maximum Gasteiger partial charge on any atom is 0.0706 e. The van der Waals surface area contributed by atoms with Gasteiger partial charge >= 0.3 is 0 Å². The second kappa shape index (κ2) is 14.4. The molecule has 0 aliphatic heterocycles. The first-order valence-electron chi connectivity index (χ1n) is 8.19. The third-order valence-corrected chi connectivity index (χ3v) is 3.99. The van der Waals surface area contributed by atoms with E-state index in [0.717, 1.165) is 25.7 Å². The summed E-state index contributed by atoms with van der Waals surface area (Å²) < 4.78 is 0. The van der Waals surface area contributed by atoms with Crippen LogP contribution < -0.4 is 0 Å². The second-order valence-corrected chi connectivity index (χ2v) is 6.05. The first-order valence-corrected chi connectivity index (χ1v) is 8.63. The van der Waals surface area contributed by atoms with Gasteiger partial charge in [-0.15, -0.1) is 11.6 Å². The highest BCUT2D eigenvalue weighted by molar-refractivity contribution is 6.21. The van der Waals surface area contributed by atoms with Crippen molar-refractivity contribution in [2.75, 3.05) is 0 Å². The van der Waals surface area contributed by atoms with E-state index in [2.05, 4.69) is 26.0 Å². The molecule has 0 aromatic carbocycles. The highest BCUT2D eigenvalue weighted by Crippen LogP contribution is 2.15. The van der Waals surface area contributed by atoms with Crippen LogP contribution in [-0.4, -0.2) is 16.6 Å². The zero-order valence-corrected chi connectivity index (χ0v) is 13.7. The van der Waals surface area contributed by atoms with Crippen molar-refractivity contribution < 1.29 is 5.11 Å². The molecule has 0 bridgehead atoms. The lowest BCUT2D eigenvalue weighted by atomic mass is 10.0. The fraction of sp³-hybridized carbons (Fsp3) is 0.882. The molecule has 1 N–H and O–H groups in total. The van der Waals surface area contributed by atoms with Gasteiger partial charge in [0.1, 0.15) is 0 Å². The van der Waals surface area contributed by atoms with E-state index in [1.807, 2.05) is 0 Å². The summed E-state index contributed by atoms with van der Waals surface area (Å²) in [5.41, 5.74) is 0. The van der Waals surface area contributed by atoms with Gasteiger partial charge in [-0.3, -0.25) is 0 Å². The van der Waals surface area contributed by atoms with Crippen LogP contribution in [0, 0.1) is 0 Å². The van der Waals surface area contributed by atoms with Gasteiger partial charge in [0.15, 0.2) is 0 Å². The molecule has 0 aliphatic rings. The molecule has 0 saturated heterocycles. The first kappa shape index (κ1) is 19.0. The van der Waals surface area contributed by atoms with Crippen LogP contribution in [0.5, 0.6) is 0 Å². The summed E-state index contributed by atoms with van der Waals surface area (Å²) in [6, 6.07) is 0. The van der Waals surface area contributed by atoms with E-state index in [-0.39, 0.29) is 11.5 Å². The van der Waals surface area contributed by atoms with E-state index in [0.29, 0.717) is 0 Å². The summed E-state index contributed by atoms with van der Waals surface area (Å²) in [5, 5.41) is 9.81. The number of halogens is 1. The summed E-state index contributed by atoms with van der Waals surface area (Å²) in [6.45, 7) is 4.43. The van der Waals surface area contributed by atoms with Crippen LogP contribution in [0.25, 0.3) is 0 Å². The van der Waals surface area contributed by atoms with Crippen LogP contribution in [0.4, 0.5) is 0 Å². The summed E-state index contributed by atoms with van der Waals surface area (Å²) >= 11 is 6.21. The van der Waals surface area contributed by atoms with E-state index < -0.39 is 0 Å². The predicted molar refractivity (Wildman–Crippen MR) is 86.9 cm³/mol. The predicted octanol–water partition coefficient (Wildman–Crippen LogP) is 5.84. The van der Waals surface area contributed by atoms with Gasteiger partial charge in [0, 0.05) is 0 Å². The Balaban J connectivity index is 3.49. The van der Waals surface area contributed by atoms with Gasteiger partial charge in [-0.25, -0.2) is 0 Å². The fourth-order valence-corrected chi connectivity index (χ4v) is 2.38. The molecule has 0 rings (SSSR count). The Morgan fingerprint density at radius 1 is 0.895 bits per heavy atom. The molecule has 1 nitrogen and oxygen atoms in total. The van der Waals surface area contributed by atoms with Crippen LogP contribution in [0.15, 0.2) is 12.2 Å². The number of allylic oxidation sites excluding steroid dienone is 2. The van der Waals surface area contributed by atoms with Gasteiger partial charge in [0.05, 0.1) is 11.5 Å². The van der Waals surface area contributed by atoms with Gasteiger partial charge in [-0.2, -0.15) is 0 Å². The summed E-state index contributed by atoms with van der Waals surface area (Å²) in [4.78, 5) is 0. The number of rotatable bonds is 13. The Bertz CT molecular complexity index is 203. The molecule has 0 fully saturated rings. The molecular formula is C17H33ClO. The Labute approximate surface area is 125 Å². The number of aliphatic hydroxyl groups excluding tert-OH is 1. The van der Waals surface area contributed by atoms with E-state index in [1.54, 1.807) is 0 Å². The maximum atomic E-state index is 9.92. The monoisotopic (exact) mass is 288 g/mol. The third kappa shape index (κ3) is 12.8. The standard InChI is InChI=1S/C17H33ClO/c1-3-5-7-9-10-11-12-14-16(18)17(19)15-13-8-6-4-2/h11-12,16-17,19H,3-10,13-15H2,1-2H3/b12-11-/t16-,17-/m1/s1. The Hall–Kier alpha value is -0.0100. The number of alkyl halides is 1. The molecule has 0 saturated carbocycles. The van der Waals surface area contributed by atoms with E-state index >= 15 is 0 Å². The lowest BCUT2D eigenvalue weighted by molar-refractivity contribution is 0.155. The number of hydrogen-bond donors (Lipinski definition) is 1. The molecule has 2 heteroatoms. The highest BCUT2D eigenvalue weighted by Gasteiger charge is 2.14. The SMILES string of the molecule is CCCCCC/C=C\C[C@@H](Cl)[C@H](O)CCCCCC. The van der Waals surface area contributed by atoms with E-state index in [1.165, 1.54) is 44.9 Å². The van der Waals surface area contributed by atoms with Gasteiger partial charge in [0.2, 0.25) is 0 Å². The molecule has 0 aliphatic carbocycles. The largest absolute Gasteiger partial charge is 0.392 e. The third-order valence-electron chi connectivity index (χ3n) is 3.52. The Kier molecular flexibility index (Phi) is 14.4. The molecule has 0 aromatic rings. The van der Waals surface area contributed by atoms with Gasteiger partial charge in [-0.1, -0.05) is 70.9 Å². The summed E-state index contributed by atoms with van der Waals surface area (Å²) in [5.74, 6) is 0. The number of hydrogen-bond acceptors (Lipinski definition) is 1. The number of unbranched alkanes of at least 4 members (excludes halogenated alkanes) is 7. The van der Waals surface area contributed by atoms with Gasteiger partial charge in [-0.05, 0) is 25.7 Å². The minimum absolute atomic E-state index is 0.117. The lowest BCUT2D eigenvalue weighted by Crippen LogP contribution is -2.19. The van der Waals surface area contributed by atoms with Crippen molar-refractivity contribution in [2.24, 2.45) is 0 Å². The molecular weight excluding hydrogens is 256 g/mol. The average molecular weight is 289 g/mol. The van der Waals surface area contributed by atoms with Crippen molar-refractivity contribution in [2.45, 2.75) is 96.0 Å². The zero-order chi connectivity index (χ0) is 14.3. The highest BCUT2D eigenvalue weighted by atomic mass is 35.5. The topological polar surface area (TPSA) is 20.2 Å². The van der Waals surface area contributed by atoms with Gasteiger partial charge in [0.25, 0.3) is 0 Å². The molecule has 2 atom stereocenters. The van der Waals surface area contributed by atoms with Crippen molar-refractivity contribution >= 4 is 11.6 Å². The Morgan fingerprint density at radius 3 is 2.16 bits per heavy atom. The Morgan fingerprint density at radius 2 is 1.53 bits per heavy atom. The molecule has 0 amide bonds. The van der Waals surface area contributed by atoms with Crippen LogP contribution in [0.3, 0.4) is 0 Å². The van der Waals surface area contributed by atoms with Crippen LogP contribution in [-0.2, 0) is 0 Å². The molecule has 0 aromatic heterocycles. The quantitative estimate of drug-likeness (QED) is 0.256. The summed E-state index contributed by atoms with van der Waals surface area (Å²) in [7, 11) is 0. The molecule has 114 valence electrons. The normalized spacial score (nSPS) is 14.9.